The molecule has 50 heavy (non-hydrogen) atoms. The molecule has 1 amide bonds. The fraction of sp³-hybridized carbons (Fsp3) is 0.394. The monoisotopic (exact) mass is 702 g/mol. The average molecular weight is 703 g/mol. The van der Waals surface area contributed by atoms with Crippen LogP contribution in [0.5, 0.6) is 5.75 Å². The van der Waals surface area contributed by atoms with Crippen molar-refractivity contribution in [2.45, 2.75) is 64.0 Å². The number of ether oxygens (including phenoxy) is 1. The van der Waals surface area contributed by atoms with E-state index in [4.69, 9.17) is 22.9 Å². The summed E-state index contributed by atoms with van der Waals surface area (Å²) in [6.07, 6.45) is -1.50. The molecule has 0 unspecified atom stereocenters. The lowest BCUT2D eigenvalue weighted by Gasteiger charge is -2.18. The fourth-order valence-electron chi connectivity index (χ4n) is 5.38. The summed E-state index contributed by atoms with van der Waals surface area (Å²) in [5.74, 6) is -2.56. The molecule has 11 N–H and O–H groups in total. The van der Waals surface area contributed by atoms with Crippen LogP contribution in [-0.4, -0.2) is 64.5 Å². The molecule has 13 nitrogen and oxygen atoms in total. The topological polar surface area (TPSA) is 217 Å². The molecule has 0 saturated heterocycles. The predicted molar refractivity (Wildman–Crippen MR) is 183 cm³/mol. The molecule has 270 valence electrons. The number of rotatable bonds is 16. The van der Waals surface area contributed by atoms with E-state index in [-0.39, 0.29) is 60.0 Å². The molecule has 0 saturated carbocycles. The Morgan fingerprint density at radius 1 is 1.12 bits per heavy atom. The minimum absolute atomic E-state index is 0.0887. The lowest BCUT2D eigenvalue weighted by molar-refractivity contribution is -0.275. The summed E-state index contributed by atoms with van der Waals surface area (Å²) in [4.78, 5) is 35.7. The van der Waals surface area contributed by atoms with Crippen molar-refractivity contribution >= 4 is 22.9 Å². The standard InChI is InChI=1S/C33H42F4N10O3/c1-18(39)4-3-5-20-12-25(29(34)27(13-20)50-33(35,36)37)26-14-22-17-47(32(49)46-30(22)45-26)24-8-6-21(7-9-24)19(2)42-11-10-23(44-31(40)41)16-43-28(48)15-38/h6-9,12-14,17-19,23,42H,3-5,10-11,15-16,38-39H2,1-2H3,(H,43,48)(H4,40,41,44)(H,45,46,49)/t18-,19-,23+/m0/s1. The van der Waals surface area contributed by atoms with E-state index < -0.39 is 23.6 Å². The largest absolute Gasteiger partial charge is 0.573 e. The van der Waals surface area contributed by atoms with Gasteiger partial charge in [-0.15, -0.1) is 13.2 Å². The molecular weight excluding hydrogens is 660 g/mol. The first-order valence-corrected chi connectivity index (χ1v) is 16.0. The number of hydrogen-bond donors (Lipinski definition) is 7. The Kier molecular flexibility index (Phi) is 12.6. The van der Waals surface area contributed by atoms with Gasteiger partial charge in [-0.2, -0.15) is 4.98 Å². The number of carbonyl (C=O) groups excluding carboxylic acids is 1. The summed E-state index contributed by atoms with van der Waals surface area (Å²) in [6, 6.07) is 10.6. The van der Waals surface area contributed by atoms with Gasteiger partial charge in [0.15, 0.2) is 17.5 Å². The highest BCUT2D eigenvalue weighted by Crippen LogP contribution is 2.35. The third kappa shape index (κ3) is 10.5. The van der Waals surface area contributed by atoms with Gasteiger partial charge in [-0.3, -0.25) is 9.36 Å². The minimum Gasteiger partial charge on any atom is -0.403 e. The SMILES string of the molecule is C[C@H](N)CCCc1cc(OC(F)(F)F)c(F)c(-c2cc3cn(-c4ccc([C@H](C)NCC[C@H](CNC(=O)CN)N=C(N)N)cc4)c(=O)nc3[nH]2)c1. The number of alkyl halides is 3. The number of nitrogens with zero attached hydrogens (tertiary/aromatic N) is 3. The Morgan fingerprint density at radius 2 is 1.84 bits per heavy atom. The van der Waals surface area contributed by atoms with Crippen molar-refractivity contribution in [3.8, 4) is 22.7 Å². The van der Waals surface area contributed by atoms with Gasteiger partial charge in [0.1, 0.15) is 5.65 Å². The predicted octanol–water partition coefficient (Wildman–Crippen LogP) is 2.85. The smallest absolute Gasteiger partial charge is 0.403 e. The Morgan fingerprint density at radius 3 is 2.48 bits per heavy atom. The lowest BCUT2D eigenvalue weighted by Crippen LogP contribution is -2.38. The van der Waals surface area contributed by atoms with E-state index in [0.717, 1.165) is 11.6 Å². The van der Waals surface area contributed by atoms with Gasteiger partial charge in [0, 0.05) is 35.8 Å². The summed E-state index contributed by atoms with van der Waals surface area (Å²) < 4.78 is 60.1. The molecule has 4 rings (SSSR count). The number of nitrogens with two attached hydrogens (primary N) is 4. The number of fused-ring (bicyclic) bond motifs is 1. The van der Waals surface area contributed by atoms with Gasteiger partial charge in [0.25, 0.3) is 0 Å². The molecule has 3 atom stereocenters. The number of H-pyrrole nitrogens is 1. The van der Waals surface area contributed by atoms with E-state index >= 15 is 4.39 Å². The van der Waals surface area contributed by atoms with E-state index in [2.05, 4.69) is 30.3 Å². The second-order valence-corrected chi connectivity index (χ2v) is 12.0. The minimum atomic E-state index is -5.10. The molecule has 2 heterocycles. The Bertz CT molecular complexity index is 1850. The van der Waals surface area contributed by atoms with Crippen LogP contribution >= 0.6 is 0 Å². The number of guanidine groups is 1. The van der Waals surface area contributed by atoms with Gasteiger partial charge in [-0.05, 0) is 87.5 Å². The van der Waals surface area contributed by atoms with Crippen molar-refractivity contribution in [1.29, 1.82) is 0 Å². The molecule has 0 bridgehead atoms. The summed E-state index contributed by atoms with van der Waals surface area (Å²) in [7, 11) is 0. The molecular formula is C33H42F4N10O3. The van der Waals surface area contributed by atoms with E-state index in [0.29, 0.717) is 48.9 Å². The van der Waals surface area contributed by atoms with Crippen LogP contribution in [0.2, 0.25) is 0 Å². The van der Waals surface area contributed by atoms with E-state index in [9.17, 15) is 22.8 Å². The van der Waals surface area contributed by atoms with Gasteiger partial charge in [0.2, 0.25) is 5.91 Å². The first kappa shape index (κ1) is 37.8. The Labute approximate surface area is 285 Å². The summed E-state index contributed by atoms with van der Waals surface area (Å²) in [6.45, 7) is 4.40. The maximum absolute atomic E-state index is 15.4. The van der Waals surface area contributed by atoms with Crippen molar-refractivity contribution in [3.05, 3.63) is 76.1 Å². The Hall–Kier alpha value is -5.00. The zero-order chi connectivity index (χ0) is 36.6. The number of benzene rings is 2. The number of carbonyl (C=O) groups is 1. The second-order valence-electron chi connectivity index (χ2n) is 12.0. The highest BCUT2D eigenvalue weighted by atomic mass is 19.4. The number of amides is 1. The second kappa shape index (κ2) is 16.6. The highest BCUT2D eigenvalue weighted by Gasteiger charge is 2.33. The molecule has 0 spiro atoms. The molecule has 17 heteroatoms. The molecule has 0 aliphatic carbocycles. The maximum Gasteiger partial charge on any atom is 0.573 e. The molecule has 0 fully saturated rings. The lowest BCUT2D eigenvalue weighted by atomic mass is 10.0. The van der Waals surface area contributed by atoms with Crippen molar-refractivity contribution < 1.29 is 27.1 Å². The van der Waals surface area contributed by atoms with Crippen LogP contribution in [0.15, 0.2) is 58.4 Å². The van der Waals surface area contributed by atoms with Gasteiger partial charge in [0.05, 0.1) is 24.0 Å². The Balaban J connectivity index is 1.52. The number of aromatic nitrogens is 3. The van der Waals surface area contributed by atoms with Gasteiger partial charge >= 0.3 is 12.1 Å². The summed E-state index contributed by atoms with van der Waals surface area (Å²) >= 11 is 0. The zero-order valence-electron chi connectivity index (χ0n) is 27.7. The zero-order valence-corrected chi connectivity index (χ0v) is 27.7. The van der Waals surface area contributed by atoms with Crippen LogP contribution in [-0.2, 0) is 11.2 Å². The van der Waals surface area contributed by atoms with Gasteiger partial charge < -0.3 is 43.3 Å². The molecule has 0 aliphatic heterocycles. The van der Waals surface area contributed by atoms with E-state index in [1.165, 1.54) is 22.9 Å². The number of aromatic amines is 1. The van der Waals surface area contributed by atoms with Crippen molar-refractivity contribution in [2.24, 2.45) is 27.9 Å². The van der Waals surface area contributed by atoms with E-state index in [1.54, 1.807) is 12.1 Å². The van der Waals surface area contributed by atoms with Crippen LogP contribution in [0, 0.1) is 5.82 Å². The molecule has 2 aromatic heterocycles. The third-order valence-corrected chi connectivity index (χ3v) is 7.90. The first-order valence-electron chi connectivity index (χ1n) is 16.0. The summed E-state index contributed by atoms with van der Waals surface area (Å²) in [5.41, 5.74) is 23.5. The fourth-order valence-corrected chi connectivity index (χ4v) is 5.38. The molecule has 0 aliphatic rings. The van der Waals surface area contributed by atoms with Crippen LogP contribution in [0.3, 0.4) is 0 Å². The maximum atomic E-state index is 15.4. The van der Waals surface area contributed by atoms with Crippen LogP contribution < -0.4 is 44.0 Å². The number of aliphatic imine (C=N–C) groups is 1. The normalized spacial score (nSPS) is 13.5. The summed E-state index contributed by atoms with van der Waals surface area (Å²) in [5, 5.41) is 6.48. The number of nitrogens with one attached hydrogen (secondary N) is 3. The van der Waals surface area contributed by atoms with Crippen molar-refractivity contribution in [2.75, 3.05) is 19.6 Å². The third-order valence-electron chi connectivity index (χ3n) is 7.90. The number of halogens is 4. The number of hydrogen-bond acceptors (Lipinski definition) is 8. The first-order chi connectivity index (χ1) is 23.6. The molecule has 4 aromatic rings. The molecule has 0 radical (unpaired) electrons. The van der Waals surface area contributed by atoms with Crippen LogP contribution in [0.25, 0.3) is 28.0 Å². The molecule has 2 aromatic carbocycles. The van der Waals surface area contributed by atoms with Gasteiger partial charge in [-0.25, -0.2) is 14.2 Å². The van der Waals surface area contributed by atoms with E-state index in [1.807, 2.05) is 26.0 Å². The number of aryl methyl sites for hydroxylation is 1. The quantitative estimate of drug-likeness (QED) is 0.0518. The van der Waals surface area contributed by atoms with Crippen molar-refractivity contribution in [1.82, 2.24) is 25.2 Å². The average Bonchev–Trinajstić information content (AvgIpc) is 3.45. The van der Waals surface area contributed by atoms with Crippen LogP contribution in [0.4, 0.5) is 17.6 Å². The van der Waals surface area contributed by atoms with Crippen molar-refractivity contribution in [3.63, 3.8) is 0 Å². The van der Waals surface area contributed by atoms with Gasteiger partial charge in [-0.1, -0.05) is 12.1 Å². The van der Waals surface area contributed by atoms with Crippen LogP contribution in [0.1, 0.15) is 50.3 Å². The highest BCUT2D eigenvalue weighted by molar-refractivity contribution is 5.83.